The Bertz CT molecular complexity index is 681. The van der Waals surface area contributed by atoms with Gasteiger partial charge in [-0.3, -0.25) is 9.78 Å². The molecule has 0 aliphatic carbocycles. The van der Waals surface area contributed by atoms with Crippen LogP contribution in [0.5, 0.6) is 5.75 Å². The number of amides is 1. The molecule has 23 heavy (non-hydrogen) atoms. The molecule has 1 aromatic heterocycles. The van der Waals surface area contributed by atoms with Crippen LogP contribution in [-0.4, -0.2) is 36.0 Å². The topological polar surface area (TPSA) is 54.5 Å². The Kier molecular flexibility index (Phi) is 4.76. The van der Waals surface area contributed by atoms with Crippen molar-refractivity contribution in [3.8, 4) is 5.75 Å². The van der Waals surface area contributed by atoms with Crippen LogP contribution in [0.3, 0.4) is 0 Å². The minimum Gasteiger partial charge on any atom is -0.496 e. The van der Waals surface area contributed by atoms with E-state index in [1.54, 1.807) is 13.3 Å². The number of anilines is 1. The van der Waals surface area contributed by atoms with Crippen molar-refractivity contribution in [1.82, 2.24) is 9.88 Å². The van der Waals surface area contributed by atoms with Crippen LogP contribution in [0.1, 0.15) is 28.9 Å². The number of likely N-dealkylation sites (tertiary alicyclic amines) is 1. The van der Waals surface area contributed by atoms with E-state index in [4.69, 9.17) is 4.74 Å². The molecule has 0 saturated carbocycles. The number of nitrogens with one attached hydrogen (secondary N) is 1. The summed E-state index contributed by atoms with van der Waals surface area (Å²) in [5.41, 5.74) is 2.45. The summed E-state index contributed by atoms with van der Waals surface area (Å²) in [5.74, 6) is 0.867. The quantitative estimate of drug-likeness (QED) is 0.922. The molecule has 1 saturated heterocycles. The lowest BCUT2D eigenvalue weighted by atomic mass is 10.2. The Labute approximate surface area is 136 Å². The highest BCUT2D eigenvalue weighted by Gasteiger charge is 2.20. The molecule has 2 aromatic rings. The number of benzene rings is 1. The Morgan fingerprint density at radius 3 is 2.83 bits per heavy atom. The lowest BCUT2D eigenvalue weighted by Crippen LogP contribution is -2.28. The molecule has 1 aliphatic rings. The lowest BCUT2D eigenvalue weighted by Gasteiger charge is -2.15. The van der Waals surface area contributed by atoms with Crippen LogP contribution in [-0.2, 0) is 6.54 Å². The molecular formula is C18H21N3O2. The van der Waals surface area contributed by atoms with Gasteiger partial charge in [0.15, 0.2) is 0 Å². The van der Waals surface area contributed by atoms with E-state index in [2.05, 4.69) is 10.3 Å². The van der Waals surface area contributed by atoms with Crippen molar-refractivity contribution in [2.24, 2.45) is 0 Å². The molecule has 0 atom stereocenters. The van der Waals surface area contributed by atoms with Gasteiger partial charge in [-0.2, -0.15) is 0 Å². The average Bonchev–Trinajstić information content (AvgIpc) is 3.14. The number of methoxy groups -OCH3 is 1. The first-order chi connectivity index (χ1) is 11.3. The molecule has 5 nitrogen and oxygen atoms in total. The molecule has 0 bridgehead atoms. The zero-order valence-corrected chi connectivity index (χ0v) is 13.3. The Balaban J connectivity index is 1.69. The van der Waals surface area contributed by atoms with Gasteiger partial charge < -0.3 is 15.0 Å². The molecule has 2 heterocycles. The lowest BCUT2D eigenvalue weighted by molar-refractivity contribution is 0.0787. The molecule has 1 N–H and O–H groups in total. The first kappa shape index (κ1) is 15.3. The monoisotopic (exact) mass is 311 g/mol. The minimum atomic E-state index is 0.0171. The van der Waals surface area contributed by atoms with E-state index in [9.17, 15) is 4.79 Å². The molecule has 1 fully saturated rings. The summed E-state index contributed by atoms with van der Waals surface area (Å²) in [6.45, 7) is 2.30. The maximum atomic E-state index is 12.4. The van der Waals surface area contributed by atoms with Crippen molar-refractivity contribution in [3.63, 3.8) is 0 Å². The summed E-state index contributed by atoms with van der Waals surface area (Å²) < 4.78 is 5.35. The van der Waals surface area contributed by atoms with Crippen LogP contribution in [0.4, 0.5) is 5.69 Å². The summed E-state index contributed by atoms with van der Waals surface area (Å²) in [6.07, 6.45) is 3.84. The average molecular weight is 311 g/mol. The largest absolute Gasteiger partial charge is 0.496 e. The Hall–Kier alpha value is -2.56. The van der Waals surface area contributed by atoms with Gasteiger partial charge in [0.2, 0.25) is 0 Å². The maximum Gasteiger partial charge on any atom is 0.272 e. The number of nitrogens with zero attached hydrogens (tertiary/aromatic N) is 2. The minimum absolute atomic E-state index is 0.0171. The second-order valence-electron chi connectivity index (χ2n) is 5.59. The number of ether oxygens (including phenoxy) is 1. The molecule has 1 aromatic carbocycles. The van der Waals surface area contributed by atoms with E-state index < -0.39 is 0 Å². The number of aromatic nitrogens is 1. The fourth-order valence-corrected chi connectivity index (χ4v) is 2.79. The van der Waals surface area contributed by atoms with Gasteiger partial charge in [-0.05, 0) is 31.0 Å². The molecule has 120 valence electrons. The van der Waals surface area contributed by atoms with E-state index in [0.29, 0.717) is 12.2 Å². The summed E-state index contributed by atoms with van der Waals surface area (Å²) in [7, 11) is 1.66. The van der Waals surface area contributed by atoms with Crippen molar-refractivity contribution in [3.05, 3.63) is 53.9 Å². The van der Waals surface area contributed by atoms with Gasteiger partial charge in [0.1, 0.15) is 11.4 Å². The molecule has 1 amide bonds. The highest BCUT2D eigenvalue weighted by atomic mass is 16.5. The standard InChI is InChI=1S/C18H21N3O2/c1-23-17-7-3-2-6-14(17)13-20-15-8-9-19-16(12-15)18(22)21-10-4-5-11-21/h2-3,6-9,12H,4-5,10-11,13H2,1H3,(H,19,20). The Morgan fingerprint density at radius 2 is 2.04 bits per heavy atom. The molecule has 1 aliphatic heterocycles. The number of pyridine rings is 1. The third kappa shape index (κ3) is 3.62. The van der Waals surface area contributed by atoms with Crippen LogP contribution < -0.4 is 10.1 Å². The van der Waals surface area contributed by atoms with Crippen LogP contribution >= 0.6 is 0 Å². The predicted molar refractivity (Wildman–Crippen MR) is 89.7 cm³/mol. The molecule has 0 unspecified atom stereocenters. The summed E-state index contributed by atoms with van der Waals surface area (Å²) in [5, 5.41) is 3.33. The highest BCUT2D eigenvalue weighted by Crippen LogP contribution is 2.19. The van der Waals surface area contributed by atoms with Crippen LogP contribution in [0.25, 0.3) is 0 Å². The normalized spacial score (nSPS) is 13.9. The third-order valence-corrected chi connectivity index (χ3v) is 4.05. The van der Waals surface area contributed by atoms with E-state index >= 15 is 0 Å². The number of carbonyl (C=O) groups is 1. The molecule has 0 spiro atoms. The van der Waals surface area contributed by atoms with Gasteiger partial charge in [-0.15, -0.1) is 0 Å². The number of para-hydroxylation sites is 1. The summed E-state index contributed by atoms with van der Waals surface area (Å²) in [4.78, 5) is 18.5. The summed E-state index contributed by atoms with van der Waals surface area (Å²) in [6, 6.07) is 11.6. The van der Waals surface area contributed by atoms with Gasteiger partial charge >= 0.3 is 0 Å². The van der Waals surface area contributed by atoms with Gasteiger partial charge in [0, 0.05) is 37.1 Å². The zero-order chi connectivity index (χ0) is 16.1. The maximum absolute atomic E-state index is 12.4. The van der Waals surface area contributed by atoms with E-state index in [-0.39, 0.29) is 5.91 Å². The van der Waals surface area contributed by atoms with Gasteiger partial charge in [-0.1, -0.05) is 18.2 Å². The molecule has 3 rings (SSSR count). The number of rotatable bonds is 5. The van der Waals surface area contributed by atoms with Gasteiger partial charge in [0.25, 0.3) is 5.91 Å². The fourth-order valence-electron chi connectivity index (χ4n) is 2.79. The molecule has 0 radical (unpaired) electrons. The van der Waals surface area contributed by atoms with Crippen LogP contribution in [0, 0.1) is 0 Å². The van der Waals surface area contributed by atoms with E-state index in [0.717, 1.165) is 42.9 Å². The first-order valence-electron chi connectivity index (χ1n) is 7.89. The van der Waals surface area contributed by atoms with Gasteiger partial charge in [-0.25, -0.2) is 0 Å². The highest BCUT2D eigenvalue weighted by molar-refractivity contribution is 5.93. The van der Waals surface area contributed by atoms with Crippen molar-refractivity contribution in [2.45, 2.75) is 19.4 Å². The van der Waals surface area contributed by atoms with Crippen molar-refractivity contribution in [2.75, 3.05) is 25.5 Å². The van der Waals surface area contributed by atoms with Crippen LogP contribution in [0.15, 0.2) is 42.6 Å². The Morgan fingerprint density at radius 1 is 1.26 bits per heavy atom. The first-order valence-corrected chi connectivity index (χ1v) is 7.89. The van der Waals surface area contributed by atoms with Crippen molar-refractivity contribution in [1.29, 1.82) is 0 Å². The number of hydrogen-bond acceptors (Lipinski definition) is 4. The second-order valence-corrected chi connectivity index (χ2v) is 5.59. The third-order valence-electron chi connectivity index (χ3n) is 4.05. The second kappa shape index (κ2) is 7.13. The predicted octanol–water partition coefficient (Wildman–Crippen LogP) is 2.94. The zero-order valence-electron chi connectivity index (χ0n) is 13.3. The van der Waals surface area contributed by atoms with Crippen molar-refractivity contribution < 1.29 is 9.53 Å². The summed E-state index contributed by atoms with van der Waals surface area (Å²) >= 11 is 0. The van der Waals surface area contributed by atoms with Gasteiger partial charge in [0.05, 0.1) is 7.11 Å². The SMILES string of the molecule is COc1ccccc1CNc1ccnc(C(=O)N2CCCC2)c1. The number of hydrogen-bond donors (Lipinski definition) is 1. The molecular weight excluding hydrogens is 290 g/mol. The van der Waals surface area contributed by atoms with Crippen molar-refractivity contribution >= 4 is 11.6 Å². The van der Waals surface area contributed by atoms with E-state index in [1.807, 2.05) is 41.3 Å². The van der Waals surface area contributed by atoms with E-state index in [1.165, 1.54) is 0 Å². The number of carbonyl (C=O) groups excluding carboxylic acids is 1. The smallest absolute Gasteiger partial charge is 0.272 e. The molecule has 5 heteroatoms. The van der Waals surface area contributed by atoms with Crippen LogP contribution in [0.2, 0.25) is 0 Å². The fraction of sp³-hybridized carbons (Fsp3) is 0.333.